The second-order valence-electron chi connectivity index (χ2n) is 5.33. The third-order valence-corrected chi connectivity index (χ3v) is 5.01. The van der Waals surface area contributed by atoms with Crippen molar-refractivity contribution >= 4 is 15.7 Å². The van der Waals surface area contributed by atoms with Crippen molar-refractivity contribution in [2.75, 3.05) is 39.2 Å². The first-order chi connectivity index (χ1) is 12.0. The predicted octanol–water partition coefficient (Wildman–Crippen LogP) is 0.378. The summed E-state index contributed by atoms with van der Waals surface area (Å²) in [6.07, 6.45) is 0. The summed E-state index contributed by atoms with van der Waals surface area (Å²) in [4.78, 5) is 13.6. The van der Waals surface area contributed by atoms with Gasteiger partial charge in [-0.15, -0.1) is 5.10 Å². The molecule has 0 aliphatic carbocycles. The van der Waals surface area contributed by atoms with E-state index in [1.54, 1.807) is 24.3 Å². The van der Waals surface area contributed by atoms with Gasteiger partial charge in [-0.2, -0.15) is 0 Å². The summed E-state index contributed by atoms with van der Waals surface area (Å²) in [5, 5.41) is 6.75. The maximum Gasteiger partial charge on any atom is 0.336 e. The van der Waals surface area contributed by atoms with Gasteiger partial charge in [0, 0.05) is 13.1 Å². The molecule has 2 aromatic rings. The zero-order chi connectivity index (χ0) is 17.9. The van der Waals surface area contributed by atoms with Gasteiger partial charge in [0.15, 0.2) is 0 Å². The average molecular weight is 367 g/mol. The van der Waals surface area contributed by atoms with Gasteiger partial charge in [-0.25, -0.2) is 8.42 Å². The van der Waals surface area contributed by atoms with Crippen molar-refractivity contribution in [2.45, 2.75) is 5.22 Å². The molecule has 3 rings (SSSR count). The van der Waals surface area contributed by atoms with E-state index in [9.17, 15) is 13.2 Å². The fourth-order valence-electron chi connectivity index (χ4n) is 2.39. The monoisotopic (exact) mass is 367 g/mol. The number of carbonyl (C=O) groups is 1. The molecule has 0 unspecified atom stereocenters. The van der Waals surface area contributed by atoms with E-state index in [-0.39, 0.29) is 5.89 Å². The highest BCUT2D eigenvalue weighted by atomic mass is 32.2. The fourth-order valence-corrected chi connectivity index (χ4v) is 3.40. The van der Waals surface area contributed by atoms with Crippen LogP contribution in [-0.4, -0.2) is 68.6 Å². The van der Waals surface area contributed by atoms with E-state index in [1.807, 2.05) is 0 Å². The largest absolute Gasteiger partial charge is 0.496 e. The number of methoxy groups -OCH3 is 1. The Morgan fingerprint density at radius 3 is 2.68 bits per heavy atom. The van der Waals surface area contributed by atoms with Crippen molar-refractivity contribution in [1.29, 1.82) is 0 Å². The Morgan fingerprint density at radius 1 is 1.24 bits per heavy atom. The number of rotatable bonds is 5. The van der Waals surface area contributed by atoms with Crippen molar-refractivity contribution < 1.29 is 27.1 Å². The first-order valence-electron chi connectivity index (χ1n) is 7.56. The molecule has 0 atom stereocenters. The molecule has 1 amide bonds. The molecule has 0 radical (unpaired) electrons. The van der Waals surface area contributed by atoms with Crippen LogP contribution >= 0.6 is 0 Å². The molecule has 0 bridgehead atoms. The second kappa shape index (κ2) is 7.19. The molecular formula is C15H17N3O6S. The summed E-state index contributed by atoms with van der Waals surface area (Å²) in [6.45, 7) is 1.52. The van der Waals surface area contributed by atoms with Crippen LogP contribution in [-0.2, 0) is 19.4 Å². The first kappa shape index (κ1) is 17.4. The molecule has 134 valence electrons. The van der Waals surface area contributed by atoms with E-state index in [0.717, 1.165) is 0 Å². The number of para-hydroxylation sites is 1. The van der Waals surface area contributed by atoms with Crippen molar-refractivity contribution in [2.24, 2.45) is 0 Å². The number of ether oxygens (including phenoxy) is 2. The van der Waals surface area contributed by atoms with Crippen LogP contribution in [0.2, 0.25) is 0 Å². The topological polar surface area (TPSA) is 112 Å². The minimum atomic E-state index is -4.03. The van der Waals surface area contributed by atoms with E-state index >= 15 is 0 Å². The van der Waals surface area contributed by atoms with E-state index < -0.39 is 26.7 Å². The normalized spacial score (nSPS) is 15.2. The van der Waals surface area contributed by atoms with E-state index in [2.05, 4.69) is 10.2 Å². The number of hydrogen-bond donors (Lipinski definition) is 0. The highest BCUT2D eigenvalue weighted by Crippen LogP contribution is 2.29. The third-order valence-electron chi connectivity index (χ3n) is 3.69. The molecule has 10 heteroatoms. The Hall–Kier alpha value is -2.46. The van der Waals surface area contributed by atoms with Crippen LogP contribution in [0.3, 0.4) is 0 Å². The SMILES string of the molecule is COc1ccccc1-c1nnc(S(=O)(=O)CC(=O)N2CCOCC2)o1. The molecule has 1 fully saturated rings. The molecule has 1 aliphatic rings. The summed E-state index contributed by atoms with van der Waals surface area (Å²) in [6, 6.07) is 6.85. The zero-order valence-electron chi connectivity index (χ0n) is 13.5. The Kier molecular flexibility index (Phi) is 5.00. The van der Waals surface area contributed by atoms with E-state index in [4.69, 9.17) is 13.9 Å². The van der Waals surface area contributed by atoms with Crippen molar-refractivity contribution in [3.05, 3.63) is 24.3 Å². The van der Waals surface area contributed by atoms with Crippen molar-refractivity contribution in [3.63, 3.8) is 0 Å². The minimum Gasteiger partial charge on any atom is -0.496 e. The van der Waals surface area contributed by atoms with Crippen molar-refractivity contribution in [3.8, 4) is 17.2 Å². The number of nitrogens with zero attached hydrogens (tertiary/aromatic N) is 3. The molecule has 1 aromatic heterocycles. The third kappa shape index (κ3) is 3.80. The van der Waals surface area contributed by atoms with E-state index in [0.29, 0.717) is 37.6 Å². The number of hydrogen-bond acceptors (Lipinski definition) is 8. The molecule has 1 saturated heterocycles. The average Bonchev–Trinajstić information content (AvgIpc) is 3.13. The molecule has 9 nitrogen and oxygen atoms in total. The molecule has 0 spiro atoms. The Bertz CT molecular complexity index is 858. The number of benzene rings is 1. The summed E-state index contributed by atoms with van der Waals surface area (Å²) < 4.78 is 40.4. The lowest BCUT2D eigenvalue weighted by molar-refractivity contribution is -0.132. The quantitative estimate of drug-likeness (QED) is 0.745. The Labute approximate surface area is 144 Å². The molecule has 1 aromatic carbocycles. The summed E-state index contributed by atoms with van der Waals surface area (Å²) >= 11 is 0. The lowest BCUT2D eigenvalue weighted by atomic mass is 10.2. The lowest BCUT2D eigenvalue weighted by Gasteiger charge is -2.26. The van der Waals surface area contributed by atoms with Gasteiger partial charge in [-0.3, -0.25) is 4.79 Å². The molecule has 2 heterocycles. The van der Waals surface area contributed by atoms with Crippen molar-refractivity contribution in [1.82, 2.24) is 15.1 Å². The summed E-state index contributed by atoms with van der Waals surface area (Å²) in [5.74, 6) is -0.754. The van der Waals surface area contributed by atoms with Crippen LogP contribution < -0.4 is 4.74 Å². The maximum absolute atomic E-state index is 12.4. The van der Waals surface area contributed by atoms with Crippen LogP contribution in [0.1, 0.15) is 0 Å². The Balaban J connectivity index is 1.79. The number of morpholine rings is 1. The van der Waals surface area contributed by atoms with Crippen LogP contribution in [0.15, 0.2) is 33.9 Å². The second-order valence-corrected chi connectivity index (χ2v) is 7.19. The molecular weight excluding hydrogens is 350 g/mol. The first-order valence-corrected chi connectivity index (χ1v) is 9.21. The van der Waals surface area contributed by atoms with Gasteiger partial charge in [-0.05, 0) is 12.1 Å². The maximum atomic E-state index is 12.4. The van der Waals surface area contributed by atoms with Gasteiger partial charge in [0.05, 0.1) is 25.9 Å². The van der Waals surface area contributed by atoms with Gasteiger partial charge < -0.3 is 18.8 Å². The molecule has 0 saturated carbocycles. The summed E-state index contributed by atoms with van der Waals surface area (Å²) in [5.41, 5.74) is 0.471. The van der Waals surface area contributed by atoms with Crippen LogP contribution in [0.25, 0.3) is 11.5 Å². The number of amides is 1. The smallest absolute Gasteiger partial charge is 0.336 e. The zero-order valence-corrected chi connectivity index (χ0v) is 14.4. The van der Waals surface area contributed by atoms with E-state index in [1.165, 1.54) is 12.0 Å². The number of carbonyl (C=O) groups excluding carboxylic acids is 1. The standard InChI is InChI=1S/C15H17N3O6S/c1-22-12-5-3-2-4-11(12)14-16-17-15(24-14)25(20,21)10-13(19)18-6-8-23-9-7-18/h2-5H,6-10H2,1H3. The van der Waals surface area contributed by atoms with Gasteiger partial charge >= 0.3 is 5.22 Å². The fraction of sp³-hybridized carbons (Fsp3) is 0.400. The predicted molar refractivity (Wildman–Crippen MR) is 85.7 cm³/mol. The van der Waals surface area contributed by atoms with Crippen LogP contribution in [0.5, 0.6) is 5.75 Å². The highest BCUT2D eigenvalue weighted by molar-refractivity contribution is 7.91. The Morgan fingerprint density at radius 2 is 1.96 bits per heavy atom. The number of aromatic nitrogens is 2. The lowest BCUT2D eigenvalue weighted by Crippen LogP contribution is -2.43. The minimum absolute atomic E-state index is 0.00912. The highest BCUT2D eigenvalue weighted by Gasteiger charge is 2.29. The van der Waals surface area contributed by atoms with Crippen LogP contribution in [0.4, 0.5) is 0 Å². The van der Waals surface area contributed by atoms with Gasteiger partial charge in [-0.1, -0.05) is 17.2 Å². The molecule has 0 N–H and O–H groups in total. The molecule has 1 aliphatic heterocycles. The molecule has 25 heavy (non-hydrogen) atoms. The summed E-state index contributed by atoms with van der Waals surface area (Å²) in [7, 11) is -2.55. The van der Waals surface area contributed by atoms with Gasteiger partial charge in [0.25, 0.3) is 5.89 Å². The number of sulfone groups is 1. The van der Waals surface area contributed by atoms with Gasteiger partial charge in [0.1, 0.15) is 11.5 Å². The van der Waals surface area contributed by atoms with Crippen LogP contribution in [0, 0.1) is 0 Å². The van der Waals surface area contributed by atoms with Gasteiger partial charge in [0.2, 0.25) is 15.7 Å².